The van der Waals surface area contributed by atoms with Crippen molar-refractivity contribution in [2.75, 3.05) is 25.0 Å². The zero-order chi connectivity index (χ0) is 12.6. The molecular weight excluding hydrogens is 255 g/mol. The van der Waals surface area contributed by atoms with Gasteiger partial charge in [-0.05, 0) is 18.4 Å². The summed E-state index contributed by atoms with van der Waals surface area (Å²) in [7, 11) is 0. The third-order valence-corrected chi connectivity index (χ3v) is 3.99. The van der Waals surface area contributed by atoms with Gasteiger partial charge in [0.25, 0.3) is 0 Å². The second kappa shape index (κ2) is 7.97. The maximum Gasteiger partial charge on any atom is 0.0475 e. The smallest absolute Gasteiger partial charge is 0.0475 e. The van der Waals surface area contributed by atoms with Crippen molar-refractivity contribution in [3.63, 3.8) is 0 Å². The average molecular weight is 275 g/mol. The van der Waals surface area contributed by atoms with Crippen LogP contribution in [0.15, 0.2) is 30.3 Å². The monoisotopic (exact) mass is 274 g/mol. The highest BCUT2D eigenvalue weighted by Crippen LogP contribution is 2.31. The Morgan fingerprint density at radius 2 is 1.71 bits per heavy atom. The van der Waals surface area contributed by atoms with Gasteiger partial charge in [-0.3, -0.25) is 0 Å². The van der Waals surface area contributed by atoms with Crippen molar-refractivity contribution in [1.82, 2.24) is 0 Å². The van der Waals surface area contributed by atoms with E-state index < -0.39 is 0 Å². The Labute approximate surface area is 114 Å². The van der Waals surface area contributed by atoms with Gasteiger partial charge in [-0.2, -0.15) is 0 Å². The molecule has 0 amide bonds. The third-order valence-electron chi connectivity index (χ3n) is 2.97. The molecule has 0 heterocycles. The predicted molar refractivity (Wildman–Crippen MR) is 75.3 cm³/mol. The van der Waals surface area contributed by atoms with Crippen LogP contribution in [0.2, 0.25) is 0 Å². The lowest BCUT2D eigenvalue weighted by Gasteiger charge is -2.30. The molecule has 0 atom stereocenters. The first-order chi connectivity index (χ1) is 8.29. The van der Waals surface area contributed by atoms with Crippen molar-refractivity contribution in [2.45, 2.75) is 25.2 Å². The summed E-state index contributed by atoms with van der Waals surface area (Å²) in [5, 5.41) is 0. The molecule has 0 aliphatic rings. The topological polar surface area (TPSA) is 9.23 Å². The zero-order valence-corrected chi connectivity index (χ0v) is 11.8. The molecule has 17 heavy (non-hydrogen) atoms. The van der Waals surface area contributed by atoms with Crippen molar-refractivity contribution >= 4 is 23.2 Å². The molecular formula is C14H20Cl2O. The lowest BCUT2D eigenvalue weighted by Crippen LogP contribution is -2.32. The summed E-state index contributed by atoms with van der Waals surface area (Å²) in [5.41, 5.74) is 1.03. The number of ether oxygens (including phenoxy) is 1. The number of benzene rings is 1. The van der Waals surface area contributed by atoms with Crippen molar-refractivity contribution in [2.24, 2.45) is 0 Å². The maximum atomic E-state index is 6.13. The molecule has 3 heteroatoms. The van der Waals surface area contributed by atoms with E-state index >= 15 is 0 Å². The highest BCUT2D eigenvalue weighted by molar-refractivity contribution is 6.22. The summed E-state index contributed by atoms with van der Waals surface area (Å²) in [6.45, 7) is 3.62. The van der Waals surface area contributed by atoms with Crippen molar-refractivity contribution in [3.05, 3.63) is 35.9 Å². The number of hydrogen-bond acceptors (Lipinski definition) is 1. The van der Waals surface area contributed by atoms with Gasteiger partial charge in [0.15, 0.2) is 0 Å². The Kier molecular flexibility index (Phi) is 6.94. The highest BCUT2D eigenvalue weighted by Gasteiger charge is 2.30. The minimum atomic E-state index is -0.169. The van der Waals surface area contributed by atoms with Crippen LogP contribution in [0.5, 0.6) is 0 Å². The SMILES string of the molecule is CCCOCCC(CCl)(CCl)c1ccccc1. The maximum absolute atomic E-state index is 6.13. The van der Waals surface area contributed by atoms with Crippen molar-refractivity contribution in [1.29, 1.82) is 0 Å². The summed E-state index contributed by atoms with van der Waals surface area (Å²) in [4.78, 5) is 0. The third kappa shape index (κ3) is 4.17. The fourth-order valence-corrected chi connectivity index (χ4v) is 2.64. The van der Waals surface area contributed by atoms with Gasteiger partial charge in [0.1, 0.15) is 0 Å². The average Bonchev–Trinajstić information content (AvgIpc) is 2.41. The van der Waals surface area contributed by atoms with Crippen LogP contribution in [0.25, 0.3) is 0 Å². The van der Waals surface area contributed by atoms with Crippen LogP contribution in [0.4, 0.5) is 0 Å². The molecule has 0 radical (unpaired) electrons. The summed E-state index contributed by atoms with van der Waals surface area (Å²) < 4.78 is 5.55. The van der Waals surface area contributed by atoms with Gasteiger partial charge in [-0.25, -0.2) is 0 Å². The summed E-state index contributed by atoms with van der Waals surface area (Å²) in [6, 6.07) is 10.2. The van der Waals surface area contributed by atoms with Crippen molar-refractivity contribution in [3.8, 4) is 0 Å². The fraction of sp³-hybridized carbons (Fsp3) is 0.571. The summed E-state index contributed by atoms with van der Waals surface area (Å²) in [5.74, 6) is 1.05. The van der Waals surface area contributed by atoms with Crippen LogP contribution >= 0.6 is 23.2 Å². The molecule has 0 saturated heterocycles. The quantitative estimate of drug-likeness (QED) is 0.510. The molecule has 96 valence electrons. The molecule has 1 nitrogen and oxygen atoms in total. The number of hydrogen-bond donors (Lipinski definition) is 0. The van der Waals surface area contributed by atoms with Crippen LogP contribution in [0, 0.1) is 0 Å². The first kappa shape index (κ1) is 14.8. The Morgan fingerprint density at radius 1 is 1.06 bits per heavy atom. The van der Waals surface area contributed by atoms with E-state index in [1.807, 2.05) is 18.2 Å². The van der Waals surface area contributed by atoms with E-state index in [4.69, 9.17) is 27.9 Å². The normalized spacial score (nSPS) is 11.7. The number of rotatable bonds is 8. The van der Waals surface area contributed by atoms with E-state index in [1.54, 1.807) is 0 Å². The Balaban J connectivity index is 2.68. The molecule has 0 saturated carbocycles. The van der Waals surface area contributed by atoms with E-state index in [9.17, 15) is 0 Å². The molecule has 1 aromatic carbocycles. The largest absolute Gasteiger partial charge is 0.381 e. The highest BCUT2D eigenvalue weighted by atomic mass is 35.5. The van der Waals surface area contributed by atoms with Crippen LogP contribution < -0.4 is 0 Å². The zero-order valence-electron chi connectivity index (χ0n) is 10.3. The fourth-order valence-electron chi connectivity index (χ4n) is 1.77. The molecule has 0 unspecified atom stereocenters. The molecule has 0 N–H and O–H groups in total. The lowest BCUT2D eigenvalue weighted by molar-refractivity contribution is 0.119. The molecule has 0 fully saturated rings. The van der Waals surface area contributed by atoms with E-state index in [0.717, 1.165) is 19.4 Å². The summed E-state index contributed by atoms with van der Waals surface area (Å²) in [6.07, 6.45) is 1.91. The molecule has 0 spiro atoms. The lowest BCUT2D eigenvalue weighted by atomic mass is 9.81. The number of halogens is 2. The molecule has 0 aliphatic heterocycles. The molecule has 0 aromatic heterocycles. The van der Waals surface area contributed by atoms with Gasteiger partial charge < -0.3 is 4.74 Å². The second-order valence-corrected chi connectivity index (χ2v) is 4.81. The van der Waals surface area contributed by atoms with Crippen LogP contribution in [-0.4, -0.2) is 25.0 Å². The Morgan fingerprint density at radius 3 is 2.24 bits per heavy atom. The Bertz CT molecular complexity index is 296. The van der Waals surface area contributed by atoms with Crippen LogP contribution in [-0.2, 0) is 10.2 Å². The molecule has 0 bridgehead atoms. The second-order valence-electron chi connectivity index (χ2n) is 4.28. The van der Waals surface area contributed by atoms with Gasteiger partial charge in [-0.1, -0.05) is 37.3 Å². The first-order valence-corrected chi connectivity index (χ1v) is 7.11. The van der Waals surface area contributed by atoms with Crippen molar-refractivity contribution < 1.29 is 4.74 Å². The predicted octanol–water partition coefficient (Wildman–Crippen LogP) is 4.22. The van der Waals surface area contributed by atoms with E-state index in [2.05, 4.69) is 19.1 Å². The molecule has 1 aromatic rings. The van der Waals surface area contributed by atoms with Crippen LogP contribution in [0.1, 0.15) is 25.3 Å². The minimum absolute atomic E-state index is 0.169. The molecule has 0 aliphatic carbocycles. The first-order valence-electron chi connectivity index (χ1n) is 6.04. The van der Waals surface area contributed by atoms with Gasteiger partial charge in [0, 0.05) is 30.4 Å². The van der Waals surface area contributed by atoms with Crippen LogP contribution in [0.3, 0.4) is 0 Å². The van der Waals surface area contributed by atoms with Gasteiger partial charge in [0.05, 0.1) is 0 Å². The Hall–Kier alpha value is -0.240. The number of alkyl halides is 2. The van der Waals surface area contributed by atoms with E-state index in [1.165, 1.54) is 5.56 Å². The minimum Gasteiger partial charge on any atom is -0.381 e. The van der Waals surface area contributed by atoms with Gasteiger partial charge in [0.2, 0.25) is 0 Å². The van der Waals surface area contributed by atoms with Gasteiger partial charge >= 0.3 is 0 Å². The van der Waals surface area contributed by atoms with Gasteiger partial charge in [-0.15, -0.1) is 23.2 Å². The van der Waals surface area contributed by atoms with E-state index in [-0.39, 0.29) is 5.41 Å². The standard InChI is InChI=1S/C14H20Cl2O/c1-2-9-17-10-8-14(11-15,12-16)13-6-4-3-5-7-13/h3-7H,2,8-12H2,1H3. The molecule has 1 rings (SSSR count). The van der Waals surface area contributed by atoms with E-state index in [0.29, 0.717) is 18.4 Å². The summed E-state index contributed by atoms with van der Waals surface area (Å²) >= 11 is 12.3.